The Morgan fingerprint density at radius 3 is 2.63 bits per heavy atom. The van der Waals surface area contributed by atoms with Crippen molar-refractivity contribution in [1.29, 1.82) is 0 Å². The molecule has 0 aliphatic carbocycles. The molecule has 27 heavy (non-hydrogen) atoms. The largest absolute Gasteiger partial charge is 0.491 e. The molecule has 1 aromatic carbocycles. The molecular weight excluding hydrogens is 342 g/mol. The zero-order valence-electron chi connectivity index (χ0n) is 16.6. The molecule has 0 bridgehead atoms. The Balaban J connectivity index is 1.59. The van der Waals surface area contributed by atoms with Crippen molar-refractivity contribution in [3.63, 3.8) is 0 Å². The molecule has 0 radical (unpaired) electrons. The first kappa shape index (κ1) is 20.0. The van der Waals surface area contributed by atoms with Crippen LogP contribution in [0.15, 0.2) is 23.2 Å². The molecule has 0 saturated carbocycles. The van der Waals surface area contributed by atoms with E-state index in [1.54, 1.807) is 0 Å². The maximum absolute atomic E-state index is 6.08. The Morgan fingerprint density at radius 2 is 1.93 bits per heavy atom. The fraction of sp³-hybridized carbons (Fsp3) is 0.667. The molecule has 0 amide bonds. The Labute approximate surface area is 162 Å². The van der Waals surface area contributed by atoms with Gasteiger partial charge in [-0.15, -0.1) is 0 Å². The van der Waals surface area contributed by atoms with E-state index in [1.807, 2.05) is 0 Å². The van der Waals surface area contributed by atoms with Crippen LogP contribution in [0.25, 0.3) is 0 Å². The standard InChI is InChI=1S/C21H33N3O3/c1-3-22-21(24-14-18-6-4-10-25-18)23-13-17-9-8-16(2)12-20(17)27-15-19-7-5-11-26-19/h8-9,12,18-19H,3-7,10-11,13-15H2,1-2H3,(H2,22,23,24). The molecule has 2 aliphatic heterocycles. The number of ether oxygens (including phenoxy) is 3. The third-order valence-electron chi connectivity index (χ3n) is 4.94. The van der Waals surface area contributed by atoms with Crippen LogP contribution in [-0.2, 0) is 16.0 Å². The topological polar surface area (TPSA) is 64.1 Å². The van der Waals surface area contributed by atoms with Crippen molar-refractivity contribution in [2.75, 3.05) is 32.9 Å². The molecular formula is C21H33N3O3. The van der Waals surface area contributed by atoms with E-state index in [-0.39, 0.29) is 6.10 Å². The van der Waals surface area contributed by atoms with E-state index in [4.69, 9.17) is 19.2 Å². The molecule has 2 heterocycles. The Morgan fingerprint density at radius 1 is 1.15 bits per heavy atom. The van der Waals surface area contributed by atoms with Gasteiger partial charge in [0, 0.05) is 31.9 Å². The molecule has 0 spiro atoms. The second-order valence-electron chi connectivity index (χ2n) is 7.27. The van der Waals surface area contributed by atoms with Crippen LogP contribution < -0.4 is 15.4 Å². The first-order valence-corrected chi connectivity index (χ1v) is 10.2. The van der Waals surface area contributed by atoms with Crippen LogP contribution in [0.5, 0.6) is 5.75 Å². The summed E-state index contributed by atoms with van der Waals surface area (Å²) in [6, 6.07) is 6.30. The lowest BCUT2D eigenvalue weighted by atomic mass is 10.1. The van der Waals surface area contributed by atoms with Crippen LogP contribution in [0.3, 0.4) is 0 Å². The minimum atomic E-state index is 0.215. The maximum Gasteiger partial charge on any atom is 0.191 e. The number of benzene rings is 1. The van der Waals surface area contributed by atoms with Gasteiger partial charge in [-0.3, -0.25) is 0 Å². The molecule has 2 atom stereocenters. The first-order chi connectivity index (χ1) is 13.2. The zero-order valence-corrected chi connectivity index (χ0v) is 16.6. The van der Waals surface area contributed by atoms with E-state index in [0.29, 0.717) is 19.3 Å². The summed E-state index contributed by atoms with van der Waals surface area (Å²) in [5.74, 6) is 1.72. The molecule has 2 aliphatic rings. The SMILES string of the molecule is CCNC(=NCc1ccc(C)cc1OCC1CCCO1)NCC1CCCO1. The van der Waals surface area contributed by atoms with Crippen LogP contribution in [0.4, 0.5) is 0 Å². The number of rotatable bonds is 8. The van der Waals surface area contributed by atoms with Gasteiger partial charge < -0.3 is 24.8 Å². The summed E-state index contributed by atoms with van der Waals surface area (Å²) < 4.78 is 17.4. The molecule has 150 valence electrons. The second-order valence-corrected chi connectivity index (χ2v) is 7.27. The summed E-state index contributed by atoms with van der Waals surface area (Å²) in [6.45, 7) is 8.68. The summed E-state index contributed by atoms with van der Waals surface area (Å²) in [6.07, 6.45) is 4.98. The van der Waals surface area contributed by atoms with E-state index in [1.165, 1.54) is 5.56 Å². The fourth-order valence-electron chi connectivity index (χ4n) is 3.41. The van der Waals surface area contributed by atoms with Crippen molar-refractivity contribution >= 4 is 5.96 Å². The monoisotopic (exact) mass is 375 g/mol. The van der Waals surface area contributed by atoms with Gasteiger partial charge in [0.15, 0.2) is 5.96 Å². The average Bonchev–Trinajstić information content (AvgIpc) is 3.37. The highest BCUT2D eigenvalue weighted by atomic mass is 16.5. The lowest BCUT2D eigenvalue weighted by molar-refractivity contribution is 0.0676. The lowest BCUT2D eigenvalue weighted by Crippen LogP contribution is -2.41. The van der Waals surface area contributed by atoms with Crippen LogP contribution in [-0.4, -0.2) is 51.1 Å². The average molecular weight is 376 g/mol. The number of hydrogen-bond acceptors (Lipinski definition) is 4. The van der Waals surface area contributed by atoms with E-state index in [9.17, 15) is 0 Å². The number of nitrogens with zero attached hydrogens (tertiary/aromatic N) is 1. The lowest BCUT2D eigenvalue weighted by Gasteiger charge is -2.16. The molecule has 6 nitrogen and oxygen atoms in total. The van der Waals surface area contributed by atoms with Gasteiger partial charge in [-0.25, -0.2) is 4.99 Å². The summed E-state index contributed by atoms with van der Waals surface area (Å²) in [4.78, 5) is 4.74. The van der Waals surface area contributed by atoms with Gasteiger partial charge in [0.2, 0.25) is 0 Å². The van der Waals surface area contributed by atoms with Crippen LogP contribution >= 0.6 is 0 Å². The molecule has 1 aromatic rings. The number of aliphatic imine (C=N–C) groups is 1. The number of nitrogens with one attached hydrogen (secondary N) is 2. The van der Waals surface area contributed by atoms with Crippen molar-refractivity contribution in [2.45, 2.75) is 58.3 Å². The highest BCUT2D eigenvalue weighted by Crippen LogP contribution is 2.23. The van der Waals surface area contributed by atoms with Crippen LogP contribution in [0, 0.1) is 6.92 Å². The van der Waals surface area contributed by atoms with Crippen molar-refractivity contribution in [3.8, 4) is 5.75 Å². The predicted octanol–water partition coefficient (Wildman–Crippen LogP) is 2.79. The zero-order chi connectivity index (χ0) is 18.9. The van der Waals surface area contributed by atoms with Gasteiger partial charge in [0.25, 0.3) is 0 Å². The van der Waals surface area contributed by atoms with E-state index < -0.39 is 0 Å². The highest BCUT2D eigenvalue weighted by Gasteiger charge is 2.17. The first-order valence-electron chi connectivity index (χ1n) is 10.2. The van der Waals surface area contributed by atoms with Gasteiger partial charge in [-0.1, -0.05) is 12.1 Å². The summed E-state index contributed by atoms with van der Waals surface area (Å²) in [5, 5.41) is 6.70. The molecule has 2 fully saturated rings. The van der Waals surface area contributed by atoms with Gasteiger partial charge in [0.1, 0.15) is 12.4 Å². The van der Waals surface area contributed by atoms with E-state index in [2.05, 4.69) is 42.7 Å². The Hall–Kier alpha value is -1.79. The van der Waals surface area contributed by atoms with Crippen molar-refractivity contribution in [3.05, 3.63) is 29.3 Å². The molecule has 2 saturated heterocycles. The maximum atomic E-state index is 6.08. The third-order valence-corrected chi connectivity index (χ3v) is 4.94. The van der Waals surface area contributed by atoms with Gasteiger partial charge in [0.05, 0.1) is 18.8 Å². The van der Waals surface area contributed by atoms with E-state index >= 15 is 0 Å². The highest BCUT2D eigenvalue weighted by molar-refractivity contribution is 5.79. The van der Waals surface area contributed by atoms with E-state index in [0.717, 1.165) is 69.3 Å². The van der Waals surface area contributed by atoms with Gasteiger partial charge in [-0.05, 0) is 51.2 Å². The smallest absolute Gasteiger partial charge is 0.191 e. The summed E-state index contributed by atoms with van der Waals surface area (Å²) in [5.41, 5.74) is 2.28. The quantitative estimate of drug-likeness (QED) is 0.540. The Bertz CT molecular complexity index is 609. The van der Waals surface area contributed by atoms with Gasteiger partial charge >= 0.3 is 0 Å². The number of guanidine groups is 1. The van der Waals surface area contributed by atoms with Gasteiger partial charge in [-0.2, -0.15) is 0 Å². The predicted molar refractivity (Wildman–Crippen MR) is 107 cm³/mol. The number of aryl methyl sites for hydroxylation is 1. The third kappa shape index (κ3) is 6.40. The normalized spacial score (nSPS) is 22.8. The molecule has 2 N–H and O–H groups in total. The molecule has 2 unspecified atom stereocenters. The minimum absolute atomic E-state index is 0.215. The second kappa shape index (κ2) is 10.5. The molecule has 3 rings (SSSR count). The molecule has 0 aromatic heterocycles. The minimum Gasteiger partial charge on any atom is -0.491 e. The molecule has 6 heteroatoms. The number of hydrogen-bond donors (Lipinski definition) is 2. The van der Waals surface area contributed by atoms with Crippen LogP contribution in [0.2, 0.25) is 0 Å². The summed E-state index contributed by atoms with van der Waals surface area (Å²) >= 11 is 0. The Kier molecular flexibility index (Phi) is 7.78. The fourth-order valence-corrected chi connectivity index (χ4v) is 3.41. The summed E-state index contributed by atoms with van der Waals surface area (Å²) in [7, 11) is 0. The van der Waals surface area contributed by atoms with Crippen molar-refractivity contribution < 1.29 is 14.2 Å². The van der Waals surface area contributed by atoms with Crippen LogP contribution in [0.1, 0.15) is 43.7 Å². The van der Waals surface area contributed by atoms with Crippen molar-refractivity contribution in [2.24, 2.45) is 4.99 Å². The van der Waals surface area contributed by atoms with Crippen molar-refractivity contribution in [1.82, 2.24) is 10.6 Å².